The van der Waals surface area contributed by atoms with Gasteiger partial charge in [-0.05, 0) is 126 Å². The number of anilines is 3. The van der Waals surface area contributed by atoms with Crippen LogP contribution in [0.1, 0.15) is 57.0 Å². The molecule has 3 aliphatic carbocycles. The molecular formula is C57H39N. The van der Waals surface area contributed by atoms with Gasteiger partial charge in [-0.25, -0.2) is 0 Å². The van der Waals surface area contributed by atoms with E-state index in [1.807, 2.05) is 0 Å². The molecule has 1 heterocycles. The van der Waals surface area contributed by atoms with E-state index in [1.54, 1.807) is 0 Å². The molecule has 0 saturated heterocycles. The van der Waals surface area contributed by atoms with Crippen LogP contribution in [0.15, 0.2) is 218 Å². The van der Waals surface area contributed by atoms with E-state index in [1.165, 1.54) is 89.3 Å². The minimum Gasteiger partial charge on any atom is -0.310 e. The summed E-state index contributed by atoms with van der Waals surface area (Å²) in [6.45, 7) is 7.30. The lowest BCUT2D eigenvalue weighted by Gasteiger charge is -2.46. The highest BCUT2D eigenvalue weighted by atomic mass is 15.2. The Hall–Kier alpha value is -7.22. The fourth-order valence-corrected chi connectivity index (χ4v) is 11.3. The quantitative estimate of drug-likeness (QED) is 0.174. The van der Waals surface area contributed by atoms with Gasteiger partial charge in [0, 0.05) is 5.69 Å². The molecule has 1 nitrogen and oxygen atoms in total. The average Bonchev–Trinajstić information content (AvgIpc) is 3.87. The van der Waals surface area contributed by atoms with Gasteiger partial charge in [0.05, 0.1) is 22.2 Å². The maximum Gasteiger partial charge on any atom is 0.0760 e. The lowest BCUT2D eigenvalue weighted by Crippen LogP contribution is -2.37. The summed E-state index contributed by atoms with van der Waals surface area (Å²) in [5.74, 6) is 0. The van der Waals surface area contributed by atoms with Crippen molar-refractivity contribution in [3.05, 3.63) is 268 Å². The Kier molecular flexibility index (Phi) is 6.90. The van der Waals surface area contributed by atoms with Crippen molar-refractivity contribution < 1.29 is 0 Å². The Morgan fingerprint density at radius 1 is 0.431 bits per heavy atom. The zero-order valence-corrected chi connectivity index (χ0v) is 32.3. The summed E-state index contributed by atoms with van der Waals surface area (Å²) >= 11 is 0. The highest BCUT2D eigenvalue weighted by Crippen LogP contribution is 2.66. The molecule has 0 saturated carbocycles. The van der Waals surface area contributed by atoms with Gasteiger partial charge < -0.3 is 4.90 Å². The highest BCUT2D eigenvalue weighted by Gasteiger charge is 2.55. The van der Waals surface area contributed by atoms with Crippen LogP contribution in [0.25, 0.3) is 33.4 Å². The summed E-state index contributed by atoms with van der Waals surface area (Å²) in [6.07, 6.45) is 4.51. The van der Waals surface area contributed by atoms with Crippen LogP contribution < -0.4 is 4.90 Å². The first kappa shape index (κ1) is 33.0. The van der Waals surface area contributed by atoms with Gasteiger partial charge in [0.25, 0.3) is 0 Å². The van der Waals surface area contributed by atoms with E-state index in [2.05, 4.69) is 218 Å². The van der Waals surface area contributed by atoms with Crippen LogP contribution in [-0.2, 0) is 10.8 Å². The van der Waals surface area contributed by atoms with Crippen molar-refractivity contribution in [2.24, 2.45) is 0 Å². The monoisotopic (exact) mass is 737 g/mol. The Morgan fingerprint density at radius 3 is 1.40 bits per heavy atom. The van der Waals surface area contributed by atoms with Gasteiger partial charge in [-0.2, -0.15) is 0 Å². The summed E-state index contributed by atoms with van der Waals surface area (Å²) in [5, 5.41) is 0. The molecule has 58 heavy (non-hydrogen) atoms. The van der Waals surface area contributed by atoms with Gasteiger partial charge in [-0.1, -0.05) is 183 Å². The summed E-state index contributed by atoms with van der Waals surface area (Å²) in [6, 6.07) is 72.2. The van der Waals surface area contributed by atoms with E-state index < -0.39 is 10.8 Å². The first-order chi connectivity index (χ1) is 28.7. The summed E-state index contributed by atoms with van der Waals surface area (Å²) in [4.78, 5) is 2.44. The third-order valence-corrected chi connectivity index (χ3v) is 13.4. The van der Waals surface area contributed by atoms with Gasteiger partial charge >= 0.3 is 0 Å². The molecule has 0 aromatic heterocycles. The number of rotatable bonds is 4. The number of para-hydroxylation sites is 3. The second-order valence-corrected chi connectivity index (χ2v) is 15.9. The SMILES string of the molecule is C=C(C1=C(/C=C\C)c2ccccc2C12c1ccccc1N(c1ccccc1)c1ccccc12)c1ccc2c(c1)C1(c3ccccc3-c3ccccc31)c1ccccc1-2. The molecule has 0 atom stereocenters. The van der Waals surface area contributed by atoms with Crippen LogP contribution in [0.3, 0.4) is 0 Å². The van der Waals surface area contributed by atoms with E-state index in [9.17, 15) is 0 Å². The molecule has 2 spiro atoms. The highest BCUT2D eigenvalue weighted by molar-refractivity contribution is 6.06. The van der Waals surface area contributed by atoms with Crippen molar-refractivity contribution in [2.75, 3.05) is 4.90 Å². The van der Waals surface area contributed by atoms with Crippen LogP contribution in [0, 0.1) is 0 Å². The molecule has 1 heteroatoms. The normalized spacial score (nSPS) is 15.5. The molecule has 0 radical (unpaired) electrons. The molecule has 0 unspecified atom stereocenters. The minimum atomic E-state index is -0.632. The fraction of sp³-hybridized carbons (Fsp3) is 0.0526. The summed E-state index contributed by atoms with van der Waals surface area (Å²) in [5.41, 5.74) is 22.7. The average molecular weight is 738 g/mol. The van der Waals surface area contributed by atoms with E-state index in [0.717, 1.165) is 16.8 Å². The van der Waals surface area contributed by atoms with Gasteiger partial charge in [-0.15, -0.1) is 0 Å². The zero-order chi connectivity index (χ0) is 38.6. The van der Waals surface area contributed by atoms with E-state index in [4.69, 9.17) is 6.58 Å². The van der Waals surface area contributed by atoms with Crippen molar-refractivity contribution in [1.29, 1.82) is 0 Å². The van der Waals surface area contributed by atoms with Gasteiger partial charge in [0.1, 0.15) is 0 Å². The van der Waals surface area contributed by atoms with E-state index >= 15 is 0 Å². The molecule has 272 valence electrons. The predicted octanol–water partition coefficient (Wildman–Crippen LogP) is 14.2. The minimum absolute atomic E-state index is 0.438. The number of allylic oxidation sites excluding steroid dienone is 5. The van der Waals surface area contributed by atoms with Gasteiger partial charge in [0.15, 0.2) is 0 Å². The number of hydrogen-bond acceptors (Lipinski definition) is 1. The maximum atomic E-state index is 5.17. The molecule has 0 amide bonds. The lowest BCUT2D eigenvalue weighted by atomic mass is 9.62. The number of fused-ring (bicyclic) bond motifs is 16. The third-order valence-electron chi connectivity index (χ3n) is 13.4. The molecule has 4 aliphatic rings. The summed E-state index contributed by atoms with van der Waals surface area (Å²) < 4.78 is 0. The van der Waals surface area contributed by atoms with Crippen molar-refractivity contribution in [3.8, 4) is 22.3 Å². The van der Waals surface area contributed by atoms with Gasteiger partial charge in [0.2, 0.25) is 0 Å². The second kappa shape index (κ2) is 12.1. The Morgan fingerprint density at radius 2 is 0.862 bits per heavy atom. The first-order valence-corrected chi connectivity index (χ1v) is 20.3. The Labute approximate surface area is 340 Å². The predicted molar refractivity (Wildman–Crippen MR) is 241 cm³/mol. The van der Waals surface area contributed by atoms with Gasteiger partial charge in [-0.3, -0.25) is 0 Å². The summed E-state index contributed by atoms with van der Waals surface area (Å²) in [7, 11) is 0. The standard InChI is InChI=1S/C57H39N/c1-3-19-45-43-25-10-14-29-49(43)57(50-30-15-17-32-53(50)58(39-20-5-4-6-21-39)54-33-18-16-31-51(54)57)55(45)37(2)38-34-35-44-42-24-9-13-28-48(42)56(52(44)36-38)46-26-11-7-22-40(46)41-23-8-12-27-47(41)56/h3-36H,2H2,1H3/b19-3-. The van der Waals surface area contributed by atoms with Crippen molar-refractivity contribution in [1.82, 2.24) is 0 Å². The van der Waals surface area contributed by atoms with E-state index in [0.29, 0.717) is 0 Å². The Bertz CT molecular complexity index is 2990. The number of benzene rings is 8. The molecule has 0 bridgehead atoms. The van der Waals surface area contributed by atoms with Crippen LogP contribution in [0.2, 0.25) is 0 Å². The number of nitrogens with zero attached hydrogens (tertiary/aromatic N) is 1. The lowest BCUT2D eigenvalue weighted by molar-refractivity contribution is 0.750. The number of hydrogen-bond donors (Lipinski definition) is 0. The molecule has 0 N–H and O–H groups in total. The second-order valence-electron chi connectivity index (χ2n) is 15.9. The third kappa shape index (κ3) is 4.00. The van der Waals surface area contributed by atoms with Crippen LogP contribution in [0.4, 0.5) is 17.1 Å². The molecule has 1 aliphatic heterocycles. The molecule has 12 rings (SSSR count). The topological polar surface area (TPSA) is 3.24 Å². The Balaban J connectivity index is 1.15. The van der Waals surface area contributed by atoms with Crippen molar-refractivity contribution in [3.63, 3.8) is 0 Å². The van der Waals surface area contributed by atoms with Crippen LogP contribution in [0.5, 0.6) is 0 Å². The molecule has 8 aromatic carbocycles. The maximum absolute atomic E-state index is 5.17. The van der Waals surface area contributed by atoms with Crippen LogP contribution >= 0.6 is 0 Å². The molecule has 8 aromatic rings. The molecular weight excluding hydrogens is 699 g/mol. The first-order valence-electron chi connectivity index (χ1n) is 20.3. The largest absolute Gasteiger partial charge is 0.310 e. The fourth-order valence-electron chi connectivity index (χ4n) is 11.3. The van der Waals surface area contributed by atoms with E-state index in [-0.39, 0.29) is 0 Å². The van der Waals surface area contributed by atoms with Crippen molar-refractivity contribution in [2.45, 2.75) is 17.8 Å². The smallest absolute Gasteiger partial charge is 0.0760 e. The zero-order valence-electron chi connectivity index (χ0n) is 32.3. The van der Waals surface area contributed by atoms with Crippen LogP contribution in [-0.4, -0.2) is 0 Å². The van der Waals surface area contributed by atoms with Crippen molar-refractivity contribution >= 4 is 28.2 Å². The molecule has 0 fully saturated rings.